The lowest BCUT2D eigenvalue weighted by Crippen LogP contribution is -2.39. The third-order valence-electron chi connectivity index (χ3n) is 3.13. The van der Waals surface area contributed by atoms with E-state index in [4.69, 9.17) is 8.85 Å². The molecule has 0 bridgehead atoms. The van der Waals surface area contributed by atoms with E-state index in [0.29, 0.717) is 19.1 Å². The molecule has 0 atom stereocenters. The molecule has 0 N–H and O–H groups in total. The Morgan fingerprint density at radius 3 is 2.41 bits per heavy atom. The Morgan fingerprint density at radius 1 is 1.29 bits per heavy atom. The molecule has 0 spiro atoms. The van der Waals surface area contributed by atoms with Crippen molar-refractivity contribution in [3.05, 3.63) is 0 Å². The van der Waals surface area contributed by atoms with Crippen LogP contribution in [0.15, 0.2) is 0 Å². The standard InChI is InChI=1S/C12H25NO3Si/c1-4-15-17(3,16-5-2)11-7-10-13-9-6-8-12(13)14/h4-11H2,1-3H3. The van der Waals surface area contributed by atoms with E-state index in [2.05, 4.69) is 6.55 Å². The fourth-order valence-corrected chi connectivity index (χ4v) is 4.72. The van der Waals surface area contributed by atoms with E-state index in [1.54, 1.807) is 0 Å². The summed E-state index contributed by atoms with van der Waals surface area (Å²) in [6.45, 7) is 9.35. The van der Waals surface area contributed by atoms with Gasteiger partial charge in [0.05, 0.1) is 0 Å². The largest absolute Gasteiger partial charge is 0.395 e. The van der Waals surface area contributed by atoms with Crippen molar-refractivity contribution >= 4 is 14.5 Å². The quantitative estimate of drug-likeness (QED) is 0.627. The molecule has 0 unspecified atom stereocenters. The van der Waals surface area contributed by atoms with Gasteiger partial charge >= 0.3 is 8.56 Å². The Hall–Kier alpha value is -0.393. The lowest BCUT2D eigenvalue weighted by molar-refractivity contribution is -0.127. The Bertz CT molecular complexity index is 242. The predicted octanol–water partition coefficient (Wildman–Crippen LogP) is 2.14. The zero-order valence-electron chi connectivity index (χ0n) is 11.3. The highest BCUT2D eigenvalue weighted by Gasteiger charge is 2.30. The number of hydrogen-bond donors (Lipinski definition) is 0. The number of likely N-dealkylation sites (tertiary alicyclic amines) is 1. The predicted molar refractivity (Wildman–Crippen MR) is 70.1 cm³/mol. The van der Waals surface area contributed by atoms with Gasteiger partial charge in [-0.05, 0) is 39.3 Å². The van der Waals surface area contributed by atoms with Crippen LogP contribution in [-0.4, -0.2) is 45.7 Å². The molecule has 0 aromatic rings. The first kappa shape index (κ1) is 14.7. The van der Waals surface area contributed by atoms with Crippen molar-refractivity contribution < 1.29 is 13.6 Å². The van der Waals surface area contributed by atoms with Gasteiger partial charge < -0.3 is 13.8 Å². The average molecular weight is 259 g/mol. The first-order valence-electron chi connectivity index (χ1n) is 6.67. The summed E-state index contributed by atoms with van der Waals surface area (Å²) in [6, 6.07) is 0.971. The van der Waals surface area contributed by atoms with Gasteiger partial charge in [0, 0.05) is 32.7 Å². The van der Waals surface area contributed by atoms with E-state index in [0.717, 1.165) is 38.4 Å². The molecule has 1 fully saturated rings. The number of hydrogen-bond acceptors (Lipinski definition) is 3. The fraction of sp³-hybridized carbons (Fsp3) is 0.917. The van der Waals surface area contributed by atoms with Gasteiger partial charge in [-0.15, -0.1) is 0 Å². The minimum Gasteiger partial charge on any atom is -0.395 e. The molecule has 1 rings (SSSR count). The smallest absolute Gasteiger partial charge is 0.334 e. The Labute approximate surface area is 106 Å². The third kappa shape index (κ3) is 4.77. The fourth-order valence-electron chi connectivity index (χ4n) is 2.33. The van der Waals surface area contributed by atoms with Gasteiger partial charge in [-0.25, -0.2) is 0 Å². The van der Waals surface area contributed by atoms with Gasteiger partial charge in [0.2, 0.25) is 5.91 Å². The molecule has 100 valence electrons. The van der Waals surface area contributed by atoms with Crippen molar-refractivity contribution in [2.45, 2.75) is 45.7 Å². The Kier molecular flexibility index (Phi) is 6.15. The van der Waals surface area contributed by atoms with Gasteiger partial charge in [-0.2, -0.15) is 0 Å². The van der Waals surface area contributed by atoms with E-state index < -0.39 is 8.56 Å². The number of amides is 1. The second-order valence-electron chi connectivity index (χ2n) is 4.59. The van der Waals surface area contributed by atoms with Crippen LogP contribution in [0, 0.1) is 0 Å². The number of nitrogens with zero attached hydrogens (tertiary/aromatic N) is 1. The maximum Gasteiger partial charge on any atom is 0.334 e. The van der Waals surface area contributed by atoms with E-state index in [1.807, 2.05) is 18.7 Å². The molecule has 1 saturated heterocycles. The van der Waals surface area contributed by atoms with Crippen LogP contribution in [0.5, 0.6) is 0 Å². The molecular formula is C12H25NO3Si. The summed E-state index contributed by atoms with van der Waals surface area (Å²) in [4.78, 5) is 13.4. The van der Waals surface area contributed by atoms with E-state index >= 15 is 0 Å². The molecule has 4 nitrogen and oxygen atoms in total. The van der Waals surface area contributed by atoms with Gasteiger partial charge in [0.15, 0.2) is 0 Å². The molecule has 1 amide bonds. The molecule has 0 aliphatic carbocycles. The molecule has 5 heteroatoms. The summed E-state index contributed by atoms with van der Waals surface area (Å²) in [5.41, 5.74) is 0. The summed E-state index contributed by atoms with van der Waals surface area (Å²) in [7, 11) is -1.98. The lowest BCUT2D eigenvalue weighted by Gasteiger charge is -2.26. The van der Waals surface area contributed by atoms with Crippen LogP contribution in [0.25, 0.3) is 0 Å². The Morgan fingerprint density at radius 2 is 1.94 bits per heavy atom. The van der Waals surface area contributed by atoms with Crippen LogP contribution in [0.3, 0.4) is 0 Å². The summed E-state index contributed by atoms with van der Waals surface area (Å²) < 4.78 is 11.5. The molecule has 1 aliphatic heterocycles. The minimum atomic E-state index is -1.98. The van der Waals surface area contributed by atoms with Crippen molar-refractivity contribution in [3.63, 3.8) is 0 Å². The number of rotatable bonds is 8. The minimum absolute atomic E-state index is 0.307. The highest BCUT2D eigenvalue weighted by molar-refractivity contribution is 6.66. The second kappa shape index (κ2) is 7.13. The van der Waals surface area contributed by atoms with Crippen LogP contribution >= 0.6 is 0 Å². The molecule has 1 heterocycles. The van der Waals surface area contributed by atoms with Crippen LogP contribution in [0.1, 0.15) is 33.1 Å². The maximum atomic E-state index is 11.5. The van der Waals surface area contributed by atoms with Crippen molar-refractivity contribution in [2.24, 2.45) is 0 Å². The molecule has 0 radical (unpaired) electrons. The van der Waals surface area contributed by atoms with Crippen LogP contribution < -0.4 is 0 Å². The molecule has 0 saturated carbocycles. The highest BCUT2D eigenvalue weighted by atomic mass is 28.4. The van der Waals surface area contributed by atoms with Gasteiger partial charge in [0.25, 0.3) is 0 Å². The summed E-state index contributed by atoms with van der Waals surface area (Å²) in [6.07, 6.45) is 2.74. The van der Waals surface area contributed by atoms with Gasteiger partial charge in [0.1, 0.15) is 0 Å². The molecular weight excluding hydrogens is 234 g/mol. The SMILES string of the molecule is CCO[Si](C)(CCCN1CCCC1=O)OCC. The van der Waals surface area contributed by atoms with Crippen molar-refractivity contribution in [1.82, 2.24) is 4.90 Å². The van der Waals surface area contributed by atoms with Crippen molar-refractivity contribution in [1.29, 1.82) is 0 Å². The molecule has 1 aliphatic rings. The van der Waals surface area contributed by atoms with Crippen LogP contribution in [-0.2, 0) is 13.6 Å². The van der Waals surface area contributed by atoms with E-state index in [9.17, 15) is 4.79 Å². The molecule has 0 aromatic carbocycles. The highest BCUT2D eigenvalue weighted by Crippen LogP contribution is 2.18. The first-order valence-corrected chi connectivity index (χ1v) is 9.19. The first-order chi connectivity index (χ1) is 8.11. The monoisotopic (exact) mass is 259 g/mol. The van der Waals surface area contributed by atoms with Crippen LogP contribution in [0.4, 0.5) is 0 Å². The average Bonchev–Trinajstić information content (AvgIpc) is 2.65. The summed E-state index contributed by atoms with van der Waals surface area (Å²) in [5, 5.41) is 0. The normalized spacial score (nSPS) is 16.9. The molecule has 17 heavy (non-hydrogen) atoms. The lowest BCUT2D eigenvalue weighted by atomic mass is 10.4. The van der Waals surface area contributed by atoms with Crippen LogP contribution in [0.2, 0.25) is 12.6 Å². The number of carbonyl (C=O) groups is 1. The number of carbonyl (C=O) groups excluding carboxylic acids is 1. The summed E-state index contributed by atoms with van der Waals surface area (Å²) in [5.74, 6) is 0.307. The van der Waals surface area contributed by atoms with Gasteiger partial charge in [-0.3, -0.25) is 4.79 Å². The van der Waals surface area contributed by atoms with Gasteiger partial charge in [-0.1, -0.05) is 0 Å². The topological polar surface area (TPSA) is 38.8 Å². The van der Waals surface area contributed by atoms with Crippen molar-refractivity contribution in [3.8, 4) is 0 Å². The second-order valence-corrected chi connectivity index (χ2v) is 7.93. The molecule has 0 aromatic heterocycles. The Balaban J connectivity index is 2.28. The van der Waals surface area contributed by atoms with E-state index in [1.165, 1.54) is 0 Å². The maximum absolute atomic E-state index is 11.5. The zero-order chi connectivity index (χ0) is 12.7. The van der Waals surface area contributed by atoms with Crippen molar-refractivity contribution in [2.75, 3.05) is 26.3 Å². The van der Waals surface area contributed by atoms with E-state index in [-0.39, 0.29) is 0 Å². The zero-order valence-corrected chi connectivity index (χ0v) is 12.3. The third-order valence-corrected chi connectivity index (χ3v) is 6.19. The summed E-state index contributed by atoms with van der Waals surface area (Å²) >= 11 is 0.